The minimum Gasteiger partial charge on any atom is -0.460 e. The lowest BCUT2D eigenvalue weighted by molar-refractivity contribution is -0.141. The van der Waals surface area contributed by atoms with Crippen molar-refractivity contribution in [2.45, 2.75) is 19.9 Å². The van der Waals surface area contributed by atoms with Crippen LogP contribution >= 0.6 is 15.9 Å². The van der Waals surface area contributed by atoms with Crippen molar-refractivity contribution < 1.29 is 19.1 Å². The number of amides is 2. The first-order valence-corrected chi connectivity index (χ1v) is 8.10. The maximum Gasteiger partial charge on any atom is 0.338 e. The number of allylic oxidation sites excluding steroid dienone is 1. The topological polar surface area (TPSA) is 76.7 Å². The zero-order valence-electron chi connectivity index (χ0n) is 13.0. The van der Waals surface area contributed by atoms with E-state index in [1.54, 1.807) is 6.92 Å². The molecule has 0 radical (unpaired) electrons. The molecular weight excluding hydrogens is 364 g/mol. The van der Waals surface area contributed by atoms with Gasteiger partial charge in [0, 0.05) is 16.8 Å². The third kappa shape index (κ3) is 4.56. The highest BCUT2D eigenvalue weighted by Crippen LogP contribution is 2.28. The van der Waals surface area contributed by atoms with Crippen LogP contribution in [0.15, 0.2) is 40.0 Å². The Labute approximate surface area is 143 Å². The molecule has 1 aliphatic rings. The Bertz CT molecular complexity index is 613. The van der Waals surface area contributed by atoms with Gasteiger partial charge in [0.1, 0.15) is 6.61 Å². The molecule has 0 aliphatic carbocycles. The Kier molecular flexibility index (Phi) is 6.18. The van der Waals surface area contributed by atoms with Crippen LogP contribution in [0, 0.1) is 0 Å². The second-order valence-electron chi connectivity index (χ2n) is 4.95. The number of carbonyl (C=O) groups excluding carboxylic acids is 2. The average molecular weight is 383 g/mol. The number of carbonyl (C=O) groups is 2. The number of ether oxygens (including phenoxy) is 2. The van der Waals surface area contributed by atoms with Crippen molar-refractivity contribution in [2.24, 2.45) is 0 Å². The fraction of sp³-hybridized carbons (Fsp3) is 0.375. The Morgan fingerprint density at radius 1 is 1.26 bits per heavy atom. The molecule has 0 saturated carbocycles. The third-order valence-corrected chi connectivity index (χ3v) is 3.89. The van der Waals surface area contributed by atoms with Gasteiger partial charge < -0.3 is 20.1 Å². The van der Waals surface area contributed by atoms with Gasteiger partial charge in [0.25, 0.3) is 0 Å². The van der Waals surface area contributed by atoms with E-state index in [1.165, 1.54) is 0 Å². The van der Waals surface area contributed by atoms with E-state index in [0.717, 1.165) is 10.0 Å². The molecule has 2 N–H and O–H groups in total. The summed E-state index contributed by atoms with van der Waals surface area (Å²) in [6.45, 7) is 4.64. The van der Waals surface area contributed by atoms with Crippen LogP contribution in [-0.4, -0.2) is 31.8 Å². The lowest BCUT2D eigenvalue weighted by Gasteiger charge is -2.28. The first-order valence-electron chi connectivity index (χ1n) is 7.31. The molecule has 0 aromatic heterocycles. The van der Waals surface area contributed by atoms with Gasteiger partial charge in [-0.3, -0.25) is 0 Å². The molecular formula is C16H19BrN2O4. The SMILES string of the molecule is CCOCCOC(=O)C1=C(C)NC(=O)N[C@@H]1c1ccc(Br)cc1. The molecule has 6 nitrogen and oxygen atoms in total. The Balaban J connectivity index is 2.20. The summed E-state index contributed by atoms with van der Waals surface area (Å²) in [6.07, 6.45) is 0. The Morgan fingerprint density at radius 3 is 2.61 bits per heavy atom. The van der Waals surface area contributed by atoms with Gasteiger partial charge in [0.05, 0.1) is 18.2 Å². The van der Waals surface area contributed by atoms with E-state index in [4.69, 9.17) is 9.47 Å². The van der Waals surface area contributed by atoms with E-state index in [2.05, 4.69) is 26.6 Å². The molecule has 23 heavy (non-hydrogen) atoms. The standard InChI is InChI=1S/C16H19BrN2O4/c1-3-22-8-9-23-15(20)13-10(2)18-16(21)19-14(13)11-4-6-12(17)7-5-11/h4-7,14H,3,8-9H2,1-2H3,(H2,18,19,21)/t14-/m1/s1. The molecule has 124 valence electrons. The van der Waals surface area contributed by atoms with Crippen LogP contribution in [0.25, 0.3) is 0 Å². The van der Waals surface area contributed by atoms with Crippen LogP contribution in [0.5, 0.6) is 0 Å². The Morgan fingerprint density at radius 2 is 1.96 bits per heavy atom. The second kappa shape index (κ2) is 8.12. The van der Waals surface area contributed by atoms with E-state index >= 15 is 0 Å². The number of benzene rings is 1. The number of halogens is 1. The number of esters is 1. The van der Waals surface area contributed by atoms with E-state index in [9.17, 15) is 9.59 Å². The highest BCUT2D eigenvalue weighted by atomic mass is 79.9. The van der Waals surface area contributed by atoms with Crippen LogP contribution in [0.2, 0.25) is 0 Å². The third-order valence-electron chi connectivity index (χ3n) is 3.36. The van der Waals surface area contributed by atoms with Crippen LogP contribution in [-0.2, 0) is 14.3 Å². The van der Waals surface area contributed by atoms with Gasteiger partial charge in [-0.2, -0.15) is 0 Å². The van der Waals surface area contributed by atoms with Crippen molar-refractivity contribution in [3.05, 3.63) is 45.6 Å². The number of hydrogen-bond donors (Lipinski definition) is 2. The molecule has 1 aromatic carbocycles. The molecule has 2 amide bonds. The largest absolute Gasteiger partial charge is 0.460 e. The maximum absolute atomic E-state index is 12.4. The van der Waals surface area contributed by atoms with E-state index in [0.29, 0.717) is 24.5 Å². The van der Waals surface area contributed by atoms with Gasteiger partial charge in [-0.05, 0) is 31.5 Å². The highest BCUT2D eigenvalue weighted by Gasteiger charge is 2.32. The van der Waals surface area contributed by atoms with Crippen molar-refractivity contribution in [3.8, 4) is 0 Å². The minimum absolute atomic E-state index is 0.171. The van der Waals surface area contributed by atoms with Crippen molar-refractivity contribution in [1.82, 2.24) is 10.6 Å². The van der Waals surface area contributed by atoms with Crippen LogP contribution < -0.4 is 10.6 Å². The van der Waals surface area contributed by atoms with Crippen LogP contribution in [0.4, 0.5) is 4.79 Å². The van der Waals surface area contributed by atoms with Gasteiger partial charge in [-0.15, -0.1) is 0 Å². The summed E-state index contributed by atoms with van der Waals surface area (Å²) >= 11 is 3.37. The number of rotatable bonds is 6. The summed E-state index contributed by atoms with van der Waals surface area (Å²) in [5.41, 5.74) is 1.69. The fourth-order valence-corrected chi connectivity index (χ4v) is 2.55. The summed E-state index contributed by atoms with van der Waals surface area (Å²) in [7, 11) is 0. The van der Waals surface area contributed by atoms with Gasteiger partial charge in [0.15, 0.2) is 0 Å². The van der Waals surface area contributed by atoms with Gasteiger partial charge in [-0.1, -0.05) is 28.1 Å². The van der Waals surface area contributed by atoms with Crippen molar-refractivity contribution >= 4 is 27.9 Å². The van der Waals surface area contributed by atoms with Crippen molar-refractivity contribution in [2.75, 3.05) is 19.8 Å². The summed E-state index contributed by atoms with van der Waals surface area (Å²) in [4.78, 5) is 24.1. The molecule has 1 aliphatic heterocycles. The summed E-state index contributed by atoms with van der Waals surface area (Å²) in [5, 5.41) is 5.37. The molecule has 7 heteroatoms. The molecule has 0 fully saturated rings. The van der Waals surface area contributed by atoms with Gasteiger partial charge in [0.2, 0.25) is 0 Å². The zero-order valence-corrected chi connectivity index (χ0v) is 14.6. The average Bonchev–Trinajstić information content (AvgIpc) is 2.51. The molecule has 1 atom stereocenters. The first kappa shape index (κ1) is 17.5. The summed E-state index contributed by atoms with van der Waals surface area (Å²) < 4.78 is 11.3. The number of nitrogens with one attached hydrogen (secondary N) is 2. The predicted octanol–water partition coefficient (Wildman–Crippen LogP) is 2.66. The summed E-state index contributed by atoms with van der Waals surface area (Å²) in [5.74, 6) is -0.470. The smallest absolute Gasteiger partial charge is 0.338 e. The quantitative estimate of drug-likeness (QED) is 0.585. The Hall–Kier alpha value is -1.86. The minimum atomic E-state index is -0.545. The predicted molar refractivity (Wildman–Crippen MR) is 88.7 cm³/mol. The van der Waals surface area contributed by atoms with E-state index < -0.39 is 12.0 Å². The summed E-state index contributed by atoms with van der Waals surface area (Å²) in [6, 6.07) is 6.52. The number of hydrogen-bond acceptors (Lipinski definition) is 4. The first-order chi connectivity index (χ1) is 11.0. The molecule has 0 spiro atoms. The molecule has 0 unspecified atom stereocenters. The number of urea groups is 1. The lowest BCUT2D eigenvalue weighted by Crippen LogP contribution is -2.45. The van der Waals surface area contributed by atoms with Crippen molar-refractivity contribution in [1.29, 1.82) is 0 Å². The van der Waals surface area contributed by atoms with Crippen molar-refractivity contribution in [3.63, 3.8) is 0 Å². The zero-order chi connectivity index (χ0) is 16.8. The maximum atomic E-state index is 12.4. The van der Waals surface area contributed by atoms with Crippen LogP contribution in [0.1, 0.15) is 25.5 Å². The fourth-order valence-electron chi connectivity index (χ4n) is 2.29. The molecule has 1 aromatic rings. The molecule has 1 heterocycles. The normalized spacial score (nSPS) is 17.5. The van der Waals surface area contributed by atoms with Gasteiger partial charge in [-0.25, -0.2) is 9.59 Å². The van der Waals surface area contributed by atoms with E-state index in [1.807, 2.05) is 31.2 Å². The lowest BCUT2D eigenvalue weighted by atomic mass is 9.96. The highest BCUT2D eigenvalue weighted by molar-refractivity contribution is 9.10. The molecule has 0 bridgehead atoms. The van der Waals surface area contributed by atoms with Crippen LogP contribution in [0.3, 0.4) is 0 Å². The van der Waals surface area contributed by atoms with Gasteiger partial charge >= 0.3 is 12.0 Å². The second-order valence-corrected chi connectivity index (χ2v) is 5.87. The molecule has 2 rings (SSSR count). The monoisotopic (exact) mass is 382 g/mol. The van der Waals surface area contributed by atoms with E-state index in [-0.39, 0.29) is 12.6 Å². The molecule has 0 saturated heterocycles.